The highest BCUT2D eigenvalue weighted by atomic mass is 16.2. The van der Waals surface area contributed by atoms with Crippen molar-refractivity contribution in [2.75, 3.05) is 13.1 Å². The number of nitriles is 1. The minimum absolute atomic E-state index is 0.0716. The van der Waals surface area contributed by atoms with Gasteiger partial charge in [-0.05, 0) is 32.1 Å². The first-order valence-electron chi connectivity index (χ1n) is 7.11. The van der Waals surface area contributed by atoms with Gasteiger partial charge >= 0.3 is 0 Å². The van der Waals surface area contributed by atoms with E-state index in [0.29, 0.717) is 12.8 Å². The number of nitrogens with one attached hydrogen (secondary N) is 1. The van der Waals surface area contributed by atoms with Gasteiger partial charge in [0.1, 0.15) is 5.41 Å². The lowest BCUT2D eigenvalue weighted by Gasteiger charge is -2.25. The molecule has 0 radical (unpaired) electrons. The highest BCUT2D eigenvalue weighted by molar-refractivity contribution is 5.85. The second-order valence-corrected chi connectivity index (χ2v) is 5.59. The molecule has 1 amide bonds. The SMILES string of the molecule is CCC(C#N)(CC)C(=O)NC1CCN(C2CC2)C1. The molecule has 1 unspecified atom stereocenters. The van der Waals surface area contributed by atoms with E-state index in [1.54, 1.807) is 0 Å². The molecular formula is C14H23N3O. The summed E-state index contributed by atoms with van der Waals surface area (Å²) in [6, 6.07) is 3.22. The Kier molecular flexibility index (Phi) is 3.91. The molecule has 100 valence electrons. The van der Waals surface area contributed by atoms with Crippen LogP contribution in [0.25, 0.3) is 0 Å². The molecule has 2 fully saturated rings. The molecule has 18 heavy (non-hydrogen) atoms. The van der Waals surface area contributed by atoms with E-state index in [1.807, 2.05) is 13.8 Å². The molecule has 4 heteroatoms. The lowest BCUT2D eigenvalue weighted by Crippen LogP contribution is -2.45. The minimum atomic E-state index is -0.826. The number of nitrogens with zero attached hydrogens (tertiary/aromatic N) is 2. The van der Waals surface area contributed by atoms with Gasteiger partial charge in [-0.25, -0.2) is 0 Å². The zero-order valence-electron chi connectivity index (χ0n) is 11.4. The molecule has 2 aliphatic rings. The number of hydrogen-bond donors (Lipinski definition) is 1. The average molecular weight is 249 g/mol. The highest BCUT2D eigenvalue weighted by Crippen LogP contribution is 2.31. The third-order valence-electron chi connectivity index (χ3n) is 4.47. The summed E-state index contributed by atoms with van der Waals surface area (Å²) in [4.78, 5) is 14.7. The van der Waals surface area contributed by atoms with Gasteiger partial charge in [-0.15, -0.1) is 0 Å². The lowest BCUT2D eigenvalue weighted by atomic mass is 9.83. The van der Waals surface area contributed by atoms with E-state index in [1.165, 1.54) is 12.8 Å². The molecule has 1 saturated carbocycles. The van der Waals surface area contributed by atoms with Crippen molar-refractivity contribution in [2.45, 2.75) is 58.0 Å². The predicted octanol–water partition coefficient (Wildman–Crippen LogP) is 1.67. The number of carbonyl (C=O) groups is 1. The monoisotopic (exact) mass is 249 g/mol. The smallest absolute Gasteiger partial charge is 0.240 e. The third-order valence-corrected chi connectivity index (χ3v) is 4.47. The third kappa shape index (κ3) is 2.51. The molecule has 0 bridgehead atoms. The number of hydrogen-bond acceptors (Lipinski definition) is 3. The number of carbonyl (C=O) groups excluding carboxylic acids is 1. The van der Waals surface area contributed by atoms with Crippen LogP contribution in [0.3, 0.4) is 0 Å². The fourth-order valence-electron chi connectivity index (χ4n) is 2.78. The van der Waals surface area contributed by atoms with Crippen LogP contribution in [0.2, 0.25) is 0 Å². The molecule has 0 aromatic rings. The van der Waals surface area contributed by atoms with Crippen molar-refractivity contribution in [3.8, 4) is 6.07 Å². The molecule has 4 nitrogen and oxygen atoms in total. The maximum atomic E-state index is 12.3. The van der Waals surface area contributed by atoms with Crippen LogP contribution in [0.15, 0.2) is 0 Å². The van der Waals surface area contributed by atoms with Crippen LogP contribution in [0.1, 0.15) is 46.0 Å². The van der Waals surface area contributed by atoms with Crippen LogP contribution in [-0.2, 0) is 4.79 Å². The van der Waals surface area contributed by atoms with E-state index in [2.05, 4.69) is 16.3 Å². The standard InChI is InChI=1S/C14H23N3O/c1-3-14(4-2,10-15)13(18)16-11-7-8-17(9-11)12-5-6-12/h11-12H,3-9H2,1-2H3,(H,16,18). The van der Waals surface area contributed by atoms with Gasteiger partial charge in [0.05, 0.1) is 6.07 Å². The van der Waals surface area contributed by atoms with Crippen LogP contribution in [0.5, 0.6) is 0 Å². The van der Waals surface area contributed by atoms with Crippen LogP contribution in [-0.4, -0.2) is 36.0 Å². The zero-order chi connectivity index (χ0) is 13.2. The minimum Gasteiger partial charge on any atom is -0.351 e. The number of likely N-dealkylation sites (tertiary alicyclic amines) is 1. The van der Waals surface area contributed by atoms with Gasteiger partial charge in [0.15, 0.2) is 0 Å². The van der Waals surface area contributed by atoms with Crippen molar-refractivity contribution in [3.63, 3.8) is 0 Å². The van der Waals surface area contributed by atoms with Crippen molar-refractivity contribution in [2.24, 2.45) is 5.41 Å². The Balaban J connectivity index is 1.89. The molecule has 1 saturated heterocycles. The predicted molar refractivity (Wildman–Crippen MR) is 69.8 cm³/mol. The Morgan fingerprint density at radius 2 is 2.06 bits per heavy atom. The molecule has 0 aromatic carbocycles. The molecule has 1 aliphatic heterocycles. The first kappa shape index (κ1) is 13.4. The first-order valence-corrected chi connectivity index (χ1v) is 7.11. The molecule has 1 aliphatic carbocycles. The molecule has 1 atom stereocenters. The summed E-state index contributed by atoms with van der Waals surface area (Å²) in [6.45, 7) is 5.88. The summed E-state index contributed by atoms with van der Waals surface area (Å²) in [5, 5.41) is 12.3. The van der Waals surface area contributed by atoms with Crippen molar-refractivity contribution in [3.05, 3.63) is 0 Å². The maximum Gasteiger partial charge on any atom is 0.240 e. The Bertz CT molecular complexity index is 353. The average Bonchev–Trinajstić information content (AvgIpc) is 3.13. The Hall–Kier alpha value is -1.08. The second-order valence-electron chi connectivity index (χ2n) is 5.59. The second kappa shape index (κ2) is 5.27. The van der Waals surface area contributed by atoms with Crippen molar-refractivity contribution >= 4 is 5.91 Å². The van der Waals surface area contributed by atoms with Crippen LogP contribution in [0, 0.1) is 16.7 Å². The zero-order valence-corrected chi connectivity index (χ0v) is 11.4. The van der Waals surface area contributed by atoms with Gasteiger partial charge < -0.3 is 5.32 Å². The van der Waals surface area contributed by atoms with Crippen LogP contribution >= 0.6 is 0 Å². The Morgan fingerprint density at radius 1 is 1.39 bits per heavy atom. The first-order chi connectivity index (χ1) is 8.65. The normalized spacial score (nSPS) is 24.8. The molecule has 2 rings (SSSR count). The summed E-state index contributed by atoms with van der Waals surface area (Å²) in [5.41, 5.74) is -0.826. The van der Waals surface area contributed by atoms with Crippen LogP contribution < -0.4 is 5.32 Å². The van der Waals surface area contributed by atoms with E-state index in [-0.39, 0.29) is 11.9 Å². The van der Waals surface area contributed by atoms with Gasteiger partial charge in [-0.1, -0.05) is 13.8 Å². The topological polar surface area (TPSA) is 56.1 Å². The largest absolute Gasteiger partial charge is 0.351 e. The summed E-state index contributed by atoms with van der Waals surface area (Å²) in [7, 11) is 0. The van der Waals surface area contributed by atoms with E-state index >= 15 is 0 Å². The van der Waals surface area contributed by atoms with Crippen LogP contribution in [0.4, 0.5) is 0 Å². The van der Waals surface area contributed by atoms with Crippen molar-refractivity contribution in [1.29, 1.82) is 5.26 Å². The van der Waals surface area contributed by atoms with E-state index < -0.39 is 5.41 Å². The maximum absolute atomic E-state index is 12.3. The fraction of sp³-hybridized carbons (Fsp3) is 0.857. The lowest BCUT2D eigenvalue weighted by molar-refractivity contribution is -0.129. The highest BCUT2D eigenvalue weighted by Gasteiger charge is 2.39. The summed E-state index contributed by atoms with van der Waals surface area (Å²) < 4.78 is 0. The molecule has 0 aromatic heterocycles. The number of rotatable bonds is 5. The van der Waals surface area contributed by atoms with Crippen molar-refractivity contribution < 1.29 is 4.79 Å². The van der Waals surface area contributed by atoms with Crippen molar-refractivity contribution in [1.82, 2.24) is 10.2 Å². The summed E-state index contributed by atoms with van der Waals surface area (Å²) in [6.07, 6.45) is 4.83. The summed E-state index contributed by atoms with van der Waals surface area (Å²) >= 11 is 0. The quantitative estimate of drug-likeness (QED) is 0.806. The van der Waals surface area contributed by atoms with Gasteiger partial charge in [-0.2, -0.15) is 5.26 Å². The molecule has 0 spiro atoms. The van der Waals surface area contributed by atoms with Gasteiger partial charge in [-0.3, -0.25) is 9.69 Å². The Morgan fingerprint density at radius 3 is 2.56 bits per heavy atom. The number of amides is 1. The van der Waals surface area contributed by atoms with E-state index in [0.717, 1.165) is 25.6 Å². The van der Waals surface area contributed by atoms with E-state index in [4.69, 9.17) is 0 Å². The molecular weight excluding hydrogens is 226 g/mol. The van der Waals surface area contributed by atoms with Gasteiger partial charge in [0.2, 0.25) is 5.91 Å². The molecule has 1 heterocycles. The fourth-order valence-corrected chi connectivity index (χ4v) is 2.78. The Labute approximate surface area is 109 Å². The molecule has 1 N–H and O–H groups in total. The summed E-state index contributed by atoms with van der Waals surface area (Å²) in [5.74, 6) is -0.0716. The van der Waals surface area contributed by atoms with Gasteiger partial charge in [0.25, 0.3) is 0 Å². The van der Waals surface area contributed by atoms with Gasteiger partial charge in [0, 0.05) is 25.2 Å². The van der Waals surface area contributed by atoms with E-state index in [9.17, 15) is 10.1 Å².